The number of carbonyl (C=O) groups is 1. The number of ether oxygens (including phenoxy) is 1. The van der Waals surface area contributed by atoms with E-state index in [1.54, 1.807) is 0 Å². The average molecular weight is 339 g/mol. The number of rotatable bonds is 10. The highest BCUT2D eigenvalue weighted by Crippen LogP contribution is 2.30. The number of hydrogen-bond donors (Lipinski definition) is 0. The summed E-state index contributed by atoms with van der Waals surface area (Å²) in [5.41, 5.74) is 0. The molecule has 0 aromatic heterocycles. The highest BCUT2D eigenvalue weighted by atomic mass is 35.5. The lowest BCUT2D eigenvalue weighted by Gasteiger charge is -2.14. The van der Waals surface area contributed by atoms with Crippen molar-refractivity contribution >= 4 is 29.3 Å². The van der Waals surface area contributed by atoms with Crippen molar-refractivity contribution in [3.8, 4) is 0 Å². The predicted octanol–water partition coefficient (Wildman–Crippen LogP) is 5.67. The van der Waals surface area contributed by atoms with Crippen LogP contribution in [0.1, 0.15) is 32.1 Å². The zero-order valence-corrected chi connectivity index (χ0v) is 14.5. The van der Waals surface area contributed by atoms with Gasteiger partial charge < -0.3 is 4.74 Å². The van der Waals surface area contributed by atoms with Crippen LogP contribution in [0.5, 0.6) is 0 Å². The molecule has 4 heteroatoms. The van der Waals surface area contributed by atoms with Crippen LogP contribution < -0.4 is 0 Å². The maximum Gasteiger partial charge on any atom is 0.305 e. The van der Waals surface area contributed by atoms with Crippen LogP contribution in [0.3, 0.4) is 0 Å². The van der Waals surface area contributed by atoms with Gasteiger partial charge in [-0.3, -0.25) is 4.79 Å². The molecule has 0 aliphatic carbocycles. The Labute approximate surface area is 142 Å². The van der Waals surface area contributed by atoms with Crippen LogP contribution in [0.2, 0.25) is 5.02 Å². The highest BCUT2D eigenvalue weighted by molar-refractivity contribution is 8.00. The number of allylic oxidation sites excluding steroid dienone is 3. The van der Waals surface area contributed by atoms with Crippen molar-refractivity contribution in [2.45, 2.75) is 42.2 Å². The Morgan fingerprint density at radius 3 is 2.73 bits per heavy atom. The van der Waals surface area contributed by atoms with Gasteiger partial charge in [-0.1, -0.05) is 29.8 Å². The van der Waals surface area contributed by atoms with Gasteiger partial charge in [-0.25, -0.2) is 0 Å². The van der Waals surface area contributed by atoms with E-state index in [0.29, 0.717) is 11.7 Å². The van der Waals surface area contributed by atoms with Crippen LogP contribution in [0, 0.1) is 0 Å². The molecule has 1 aromatic rings. The van der Waals surface area contributed by atoms with E-state index in [-0.39, 0.29) is 5.97 Å². The van der Waals surface area contributed by atoms with Crippen LogP contribution in [-0.2, 0) is 9.53 Å². The van der Waals surface area contributed by atoms with E-state index in [1.807, 2.05) is 42.1 Å². The van der Waals surface area contributed by atoms with Crippen LogP contribution in [0.15, 0.2) is 54.0 Å². The van der Waals surface area contributed by atoms with E-state index in [1.165, 1.54) is 12.0 Å². The second-order valence-electron chi connectivity index (χ2n) is 4.89. The molecule has 0 spiro atoms. The molecule has 0 bridgehead atoms. The lowest BCUT2D eigenvalue weighted by molar-refractivity contribution is -0.140. The Balaban J connectivity index is 2.54. The molecule has 0 saturated heterocycles. The lowest BCUT2D eigenvalue weighted by Crippen LogP contribution is -2.05. The third kappa shape index (κ3) is 8.30. The van der Waals surface area contributed by atoms with Gasteiger partial charge in [0, 0.05) is 21.6 Å². The number of benzene rings is 1. The Morgan fingerprint density at radius 1 is 1.36 bits per heavy atom. The molecule has 120 valence electrons. The Hall–Kier alpha value is -1.19. The minimum Gasteiger partial charge on any atom is -0.469 e. The van der Waals surface area contributed by atoms with Crippen molar-refractivity contribution < 1.29 is 9.53 Å². The van der Waals surface area contributed by atoms with Crippen LogP contribution >= 0.6 is 23.4 Å². The quantitative estimate of drug-likeness (QED) is 0.312. The first-order valence-electron chi connectivity index (χ1n) is 7.40. The summed E-state index contributed by atoms with van der Waals surface area (Å²) in [4.78, 5) is 12.4. The summed E-state index contributed by atoms with van der Waals surface area (Å²) in [5, 5.41) is 1.18. The fourth-order valence-electron chi connectivity index (χ4n) is 1.95. The maximum atomic E-state index is 11.2. The van der Waals surface area contributed by atoms with Crippen molar-refractivity contribution in [1.82, 2.24) is 0 Å². The normalized spacial score (nSPS) is 12.3. The van der Waals surface area contributed by atoms with Gasteiger partial charge in [0.1, 0.15) is 0 Å². The molecule has 1 aromatic carbocycles. The third-order valence-electron chi connectivity index (χ3n) is 3.12. The molecule has 0 amide bonds. The summed E-state index contributed by atoms with van der Waals surface area (Å²) in [7, 11) is 1.43. The van der Waals surface area contributed by atoms with Gasteiger partial charge in [-0.15, -0.1) is 18.3 Å². The molecular weight excluding hydrogens is 316 g/mol. The van der Waals surface area contributed by atoms with E-state index >= 15 is 0 Å². The Kier molecular flexibility index (Phi) is 9.76. The molecule has 0 radical (unpaired) electrons. The summed E-state index contributed by atoms with van der Waals surface area (Å²) in [6.45, 7) is 3.71. The fraction of sp³-hybridized carbons (Fsp3) is 0.389. The number of esters is 1. The first-order chi connectivity index (χ1) is 10.7. The average Bonchev–Trinajstić information content (AvgIpc) is 2.53. The van der Waals surface area contributed by atoms with E-state index in [0.717, 1.165) is 30.7 Å². The molecule has 2 nitrogen and oxygen atoms in total. The predicted molar refractivity (Wildman–Crippen MR) is 95.5 cm³/mol. The lowest BCUT2D eigenvalue weighted by atomic mass is 10.1. The fourth-order valence-corrected chi connectivity index (χ4v) is 3.24. The van der Waals surface area contributed by atoms with Crippen molar-refractivity contribution in [3.63, 3.8) is 0 Å². The third-order valence-corrected chi connectivity index (χ3v) is 4.68. The monoisotopic (exact) mass is 338 g/mol. The topological polar surface area (TPSA) is 26.3 Å². The van der Waals surface area contributed by atoms with Gasteiger partial charge in [0.2, 0.25) is 0 Å². The number of methoxy groups -OCH3 is 1. The van der Waals surface area contributed by atoms with Crippen molar-refractivity contribution in [3.05, 3.63) is 54.1 Å². The largest absolute Gasteiger partial charge is 0.469 e. The van der Waals surface area contributed by atoms with Gasteiger partial charge in [-0.2, -0.15) is 0 Å². The summed E-state index contributed by atoms with van der Waals surface area (Å²) < 4.78 is 4.69. The van der Waals surface area contributed by atoms with E-state index in [9.17, 15) is 4.79 Å². The first-order valence-corrected chi connectivity index (χ1v) is 8.66. The zero-order valence-electron chi connectivity index (χ0n) is 13.0. The van der Waals surface area contributed by atoms with Crippen molar-refractivity contribution in [2.24, 2.45) is 0 Å². The second kappa shape index (κ2) is 11.4. The molecule has 1 atom stereocenters. The number of carbonyl (C=O) groups excluding carboxylic acids is 1. The van der Waals surface area contributed by atoms with E-state index in [4.69, 9.17) is 16.3 Å². The molecule has 0 heterocycles. The standard InChI is InChI=1S/C18H23ClO2S/c1-3-4-5-6-8-16(9-7-10-18(20)21-2)22-17-13-11-15(19)12-14-17/h3,5-6,11-14,16H,1,4,7-10H2,2H3/b6-5+. The minimum atomic E-state index is -0.141. The maximum absolute atomic E-state index is 11.2. The SMILES string of the molecule is C=CC/C=C/CC(CCCC(=O)OC)Sc1ccc(Cl)cc1. The number of hydrogen-bond acceptors (Lipinski definition) is 3. The molecule has 0 aliphatic rings. The van der Waals surface area contributed by atoms with Crippen molar-refractivity contribution in [1.29, 1.82) is 0 Å². The highest BCUT2D eigenvalue weighted by Gasteiger charge is 2.11. The Bertz CT molecular complexity index is 482. The van der Waals surface area contributed by atoms with E-state index < -0.39 is 0 Å². The summed E-state index contributed by atoms with van der Waals surface area (Å²) in [6.07, 6.45) is 10.4. The zero-order chi connectivity index (χ0) is 16.2. The van der Waals surface area contributed by atoms with Gasteiger partial charge in [-0.05, 0) is 49.9 Å². The van der Waals surface area contributed by atoms with E-state index in [2.05, 4.69) is 18.7 Å². The molecule has 1 rings (SSSR count). The van der Waals surface area contributed by atoms with Crippen LogP contribution in [0.4, 0.5) is 0 Å². The molecule has 1 unspecified atom stereocenters. The summed E-state index contributed by atoms with van der Waals surface area (Å²) >= 11 is 7.75. The minimum absolute atomic E-state index is 0.141. The van der Waals surface area contributed by atoms with Gasteiger partial charge in [0.05, 0.1) is 7.11 Å². The Morgan fingerprint density at radius 2 is 2.09 bits per heavy atom. The summed E-state index contributed by atoms with van der Waals surface area (Å²) in [5.74, 6) is -0.141. The summed E-state index contributed by atoms with van der Waals surface area (Å²) in [6, 6.07) is 7.88. The van der Waals surface area contributed by atoms with Gasteiger partial charge in [0.15, 0.2) is 0 Å². The molecular formula is C18H23ClO2S. The molecule has 22 heavy (non-hydrogen) atoms. The molecule has 0 saturated carbocycles. The number of halogens is 1. The van der Waals surface area contributed by atoms with Crippen LogP contribution in [-0.4, -0.2) is 18.3 Å². The molecule has 0 N–H and O–H groups in total. The van der Waals surface area contributed by atoms with Gasteiger partial charge >= 0.3 is 5.97 Å². The van der Waals surface area contributed by atoms with Crippen LogP contribution in [0.25, 0.3) is 0 Å². The molecule has 0 aliphatic heterocycles. The first kappa shape index (κ1) is 18.9. The van der Waals surface area contributed by atoms with Gasteiger partial charge in [0.25, 0.3) is 0 Å². The smallest absolute Gasteiger partial charge is 0.305 e. The second-order valence-corrected chi connectivity index (χ2v) is 6.70. The number of thioether (sulfide) groups is 1. The van der Waals surface area contributed by atoms with Crippen molar-refractivity contribution in [2.75, 3.05) is 7.11 Å². The molecule has 0 fully saturated rings.